The Morgan fingerprint density at radius 1 is 0.692 bits per heavy atom. The van der Waals surface area contributed by atoms with E-state index in [-0.39, 0.29) is 23.1 Å². The van der Waals surface area contributed by atoms with Gasteiger partial charge in [0.1, 0.15) is 0 Å². The second-order valence-corrected chi connectivity index (χ2v) is 1.71. The van der Waals surface area contributed by atoms with E-state index in [9.17, 15) is 10.2 Å². The average molecular weight is 191 g/mol. The third kappa shape index (κ3) is 34.7. The molecule has 0 aliphatic carbocycles. The molecule has 0 aliphatic rings. The molecule has 2 nitrogen and oxygen atoms in total. The molecule has 0 rings (SSSR count). The van der Waals surface area contributed by atoms with Crippen LogP contribution in [0.5, 0.6) is 0 Å². The third-order valence-corrected chi connectivity index (χ3v) is 0.764. The van der Waals surface area contributed by atoms with Gasteiger partial charge in [-0.25, -0.2) is 0 Å². The van der Waals surface area contributed by atoms with Gasteiger partial charge in [-0.05, 0) is 13.8 Å². The summed E-state index contributed by atoms with van der Waals surface area (Å²) < 4.78 is 0. The van der Waals surface area contributed by atoms with Gasteiger partial charge in [0, 0.05) is 0 Å². The molecule has 0 unspecified atom stereocenters. The summed E-state index contributed by atoms with van der Waals surface area (Å²) in [4.78, 5) is 0. The first kappa shape index (κ1) is 18.2. The first-order chi connectivity index (χ1) is 5.83. The van der Waals surface area contributed by atoms with Crippen LogP contribution in [-0.2, 0) is 0 Å². The van der Waals surface area contributed by atoms with E-state index in [1.165, 1.54) is 12.2 Å². The molecule has 0 aliphatic heterocycles. The van der Waals surface area contributed by atoms with Crippen molar-refractivity contribution in [2.75, 3.05) is 0 Å². The fraction of sp³-hybridized carbons (Fsp3) is 0.200. The van der Waals surface area contributed by atoms with Crippen LogP contribution in [0.3, 0.4) is 0 Å². The summed E-state index contributed by atoms with van der Waals surface area (Å²) in [6.45, 7) is 3.72. The van der Waals surface area contributed by atoms with Crippen LogP contribution in [0.15, 0.2) is 49.0 Å². The van der Waals surface area contributed by atoms with Gasteiger partial charge in [0.2, 0.25) is 0 Å². The molecule has 68 valence electrons. The molecule has 0 aromatic heterocycles. The molecule has 0 N–H and O–H groups in total. The van der Waals surface area contributed by atoms with Crippen LogP contribution in [-0.4, -0.2) is 23.1 Å². The van der Waals surface area contributed by atoms with Gasteiger partial charge < -0.3 is 10.2 Å². The minimum atomic E-state index is 0. The Morgan fingerprint density at radius 2 is 1.00 bits per heavy atom. The van der Waals surface area contributed by atoms with Crippen LogP contribution >= 0.6 is 0 Å². The maximum atomic E-state index is 9.46. The molecule has 0 aromatic rings. The average Bonchev–Trinajstić information content (AvgIpc) is 2.12. The maximum absolute atomic E-state index is 9.46. The molecule has 0 atom stereocenters. The summed E-state index contributed by atoms with van der Waals surface area (Å²) in [7, 11) is 0. The van der Waals surface area contributed by atoms with Crippen molar-refractivity contribution in [1.29, 1.82) is 0 Å². The van der Waals surface area contributed by atoms with Gasteiger partial charge in [-0.2, -0.15) is 0 Å². The monoisotopic (exact) mass is 190 g/mol. The van der Waals surface area contributed by atoms with Gasteiger partial charge in [-0.3, -0.25) is 0 Å². The van der Waals surface area contributed by atoms with Crippen molar-refractivity contribution in [1.82, 2.24) is 0 Å². The van der Waals surface area contributed by atoms with Crippen LogP contribution in [0.1, 0.15) is 13.8 Å². The summed E-state index contributed by atoms with van der Waals surface area (Å²) in [5.41, 5.74) is 0. The van der Waals surface area contributed by atoms with E-state index >= 15 is 0 Å². The Labute approximate surface area is 96.1 Å². The first-order valence-electron chi connectivity index (χ1n) is 3.63. The molecule has 0 bridgehead atoms. The molecule has 13 heavy (non-hydrogen) atoms. The normalized spacial score (nSPS) is 10.6. The number of allylic oxidation sites excluding steroid dienone is 6. The van der Waals surface area contributed by atoms with Crippen molar-refractivity contribution < 1.29 is 10.2 Å². The van der Waals surface area contributed by atoms with E-state index in [1.807, 2.05) is 13.8 Å². The minimum Gasteiger partial charge on any atom is -0.878 e. The van der Waals surface area contributed by atoms with Crippen molar-refractivity contribution in [2.45, 2.75) is 13.8 Å². The summed E-state index contributed by atoms with van der Waals surface area (Å²) in [6.07, 6.45) is 11.4. The number of rotatable bonds is 2. The zero-order valence-electron chi connectivity index (χ0n) is 8.14. The Morgan fingerprint density at radius 3 is 1.08 bits per heavy atom. The molecule has 0 amide bonds. The van der Waals surface area contributed by atoms with Crippen molar-refractivity contribution in [3.05, 3.63) is 49.0 Å². The van der Waals surface area contributed by atoms with E-state index in [4.69, 9.17) is 0 Å². The van der Waals surface area contributed by atoms with Gasteiger partial charge >= 0.3 is 23.1 Å². The molecule has 0 saturated heterocycles. The fourth-order valence-electron chi connectivity index (χ4n) is 0.313. The van der Waals surface area contributed by atoms with E-state index in [0.29, 0.717) is 0 Å². The second-order valence-electron chi connectivity index (χ2n) is 1.71. The smallest absolute Gasteiger partial charge is 0.878 e. The van der Waals surface area contributed by atoms with Gasteiger partial charge in [0.05, 0.1) is 0 Å². The Balaban J connectivity index is -0.000000143. The van der Waals surface area contributed by atoms with E-state index < -0.39 is 0 Å². The molecule has 0 spiro atoms. The second kappa shape index (κ2) is 22.5. The third-order valence-electron chi connectivity index (χ3n) is 0.764. The zero-order chi connectivity index (χ0) is 9.66. The summed E-state index contributed by atoms with van der Waals surface area (Å²) in [5.74, 6) is 0. The van der Waals surface area contributed by atoms with Gasteiger partial charge in [0.25, 0.3) is 0 Å². The summed E-state index contributed by atoms with van der Waals surface area (Å²) in [5, 5.41) is 18.9. The van der Waals surface area contributed by atoms with Gasteiger partial charge in [-0.1, -0.05) is 36.5 Å². The van der Waals surface area contributed by atoms with Gasteiger partial charge in [-0.15, -0.1) is 12.5 Å². The molecular formula is C10H14MgO2. The Bertz CT molecular complexity index is 130. The van der Waals surface area contributed by atoms with Gasteiger partial charge in [0.15, 0.2) is 0 Å². The van der Waals surface area contributed by atoms with Crippen LogP contribution in [0.4, 0.5) is 0 Å². The van der Waals surface area contributed by atoms with Crippen LogP contribution < -0.4 is 10.2 Å². The molecular weight excluding hydrogens is 176 g/mol. The number of hydrogen-bond acceptors (Lipinski definition) is 2. The fourth-order valence-corrected chi connectivity index (χ4v) is 0.313. The van der Waals surface area contributed by atoms with Crippen LogP contribution in [0.25, 0.3) is 0 Å². The molecule has 0 saturated carbocycles. The maximum Gasteiger partial charge on any atom is 2.00 e. The predicted molar refractivity (Wildman–Crippen MR) is 53.7 cm³/mol. The molecule has 0 radical (unpaired) electrons. The molecule has 3 heteroatoms. The van der Waals surface area contributed by atoms with E-state index in [2.05, 4.69) is 0 Å². The van der Waals surface area contributed by atoms with E-state index in [1.54, 1.807) is 24.3 Å². The summed E-state index contributed by atoms with van der Waals surface area (Å²) in [6, 6.07) is 0. The topological polar surface area (TPSA) is 46.1 Å². The largest absolute Gasteiger partial charge is 2.00 e. The molecule has 0 aromatic carbocycles. The van der Waals surface area contributed by atoms with Crippen molar-refractivity contribution in [3.63, 3.8) is 0 Å². The van der Waals surface area contributed by atoms with E-state index in [0.717, 1.165) is 12.5 Å². The zero-order valence-corrected chi connectivity index (χ0v) is 9.56. The Kier molecular flexibility index (Phi) is 31.5. The van der Waals surface area contributed by atoms with Crippen LogP contribution in [0.2, 0.25) is 0 Å². The molecule has 0 heterocycles. The minimum absolute atomic E-state index is 0. The Hall–Kier alpha value is -0.674. The predicted octanol–water partition coefficient (Wildman–Crippen LogP) is 0.492. The molecule has 0 fully saturated rings. The van der Waals surface area contributed by atoms with Crippen molar-refractivity contribution >= 4 is 23.1 Å². The van der Waals surface area contributed by atoms with Crippen LogP contribution in [0, 0.1) is 0 Å². The summed E-state index contributed by atoms with van der Waals surface area (Å²) >= 11 is 0. The standard InChI is InChI=1S/2C5H8O.Mg/c2*1-2-3-4-5-6;/h2*2-6H,1H3;/q;;+2/p-2. The SMILES string of the molecule is CC=CC=C[O-].CC=CC=C[O-].[Mg+2]. The first-order valence-corrected chi connectivity index (χ1v) is 3.63. The van der Waals surface area contributed by atoms with Crippen molar-refractivity contribution in [2.24, 2.45) is 0 Å². The van der Waals surface area contributed by atoms with Crippen molar-refractivity contribution in [3.8, 4) is 0 Å². The quantitative estimate of drug-likeness (QED) is 0.362. The number of hydrogen-bond donors (Lipinski definition) is 0.